The third-order valence-electron chi connectivity index (χ3n) is 2.34. The van der Waals surface area contributed by atoms with Crippen LogP contribution in [0.3, 0.4) is 0 Å². The number of thiophene rings is 1. The summed E-state index contributed by atoms with van der Waals surface area (Å²) >= 11 is 7.75. The van der Waals surface area contributed by atoms with Crippen molar-refractivity contribution in [3.8, 4) is 11.4 Å². The van der Waals surface area contributed by atoms with Crippen LogP contribution in [0.15, 0.2) is 41.1 Å². The van der Waals surface area contributed by atoms with E-state index in [2.05, 4.69) is 9.97 Å². The molecule has 0 bridgehead atoms. The van der Waals surface area contributed by atoms with E-state index < -0.39 is 0 Å². The molecule has 0 aliphatic carbocycles. The van der Waals surface area contributed by atoms with Gasteiger partial charge in [-0.25, -0.2) is 9.97 Å². The van der Waals surface area contributed by atoms with Gasteiger partial charge < -0.3 is 0 Å². The average molecular weight is 247 g/mol. The molecule has 0 aliphatic rings. The highest BCUT2D eigenvalue weighted by Crippen LogP contribution is 2.25. The monoisotopic (exact) mass is 246 g/mol. The molecule has 16 heavy (non-hydrogen) atoms. The van der Waals surface area contributed by atoms with Crippen LogP contribution in [0.1, 0.15) is 0 Å². The molecule has 2 aromatic heterocycles. The SMILES string of the molecule is Clc1nc(-c2ccsc2)nc2ccccc12. The zero-order valence-corrected chi connectivity index (χ0v) is 9.79. The number of hydrogen-bond acceptors (Lipinski definition) is 3. The molecule has 0 unspecified atom stereocenters. The summed E-state index contributed by atoms with van der Waals surface area (Å²) in [6.45, 7) is 0. The smallest absolute Gasteiger partial charge is 0.162 e. The molecule has 0 amide bonds. The van der Waals surface area contributed by atoms with Crippen molar-refractivity contribution in [2.24, 2.45) is 0 Å². The van der Waals surface area contributed by atoms with Gasteiger partial charge in [-0.2, -0.15) is 11.3 Å². The van der Waals surface area contributed by atoms with Crippen molar-refractivity contribution in [2.75, 3.05) is 0 Å². The Morgan fingerprint density at radius 2 is 1.94 bits per heavy atom. The maximum absolute atomic E-state index is 6.13. The van der Waals surface area contributed by atoms with E-state index in [1.807, 2.05) is 41.1 Å². The van der Waals surface area contributed by atoms with E-state index in [1.165, 1.54) is 0 Å². The summed E-state index contributed by atoms with van der Waals surface area (Å²) in [5.74, 6) is 0.685. The molecule has 4 heteroatoms. The summed E-state index contributed by atoms with van der Waals surface area (Å²) in [4.78, 5) is 8.79. The third-order valence-corrected chi connectivity index (χ3v) is 3.31. The van der Waals surface area contributed by atoms with Gasteiger partial charge in [-0.1, -0.05) is 23.7 Å². The summed E-state index contributed by atoms with van der Waals surface area (Å²) in [6, 6.07) is 9.74. The first kappa shape index (κ1) is 9.75. The first-order chi connectivity index (χ1) is 7.84. The van der Waals surface area contributed by atoms with Crippen molar-refractivity contribution in [1.82, 2.24) is 9.97 Å². The standard InChI is InChI=1S/C12H7ClN2S/c13-11-9-3-1-2-4-10(9)14-12(15-11)8-5-6-16-7-8/h1-7H. The van der Waals surface area contributed by atoms with Gasteiger partial charge in [0, 0.05) is 16.3 Å². The molecule has 1 aromatic carbocycles. The summed E-state index contributed by atoms with van der Waals surface area (Å²) < 4.78 is 0. The molecule has 0 atom stereocenters. The molecule has 78 valence electrons. The summed E-state index contributed by atoms with van der Waals surface area (Å²) in [5.41, 5.74) is 1.89. The largest absolute Gasteiger partial charge is 0.228 e. The highest BCUT2D eigenvalue weighted by atomic mass is 35.5. The fraction of sp³-hybridized carbons (Fsp3) is 0. The predicted octanol–water partition coefficient (Wildman–Crippen LogP) is 4.01. The summed E-state index contributed by atoms with van der Waals surface area (Å²) in [5, 5.41) is 5.41. The number of halogens is 1. The number of fused-ring (bicyclic) bond motifs is 1. The van der Waals surface area contributed by atoms with Gasteiger partial charge in [-0.05, 0) is 23.6 Å². The molecule has 3 aromatic rings. The van der Waals surface area contributed by atoms with Crippen LogP contribution in [0.25, 0.3) is 22.3 Å². The van der Waals surface area contributed by atoms with E-state index in [0.29, 0.717) is 11.0 Å². The Morgan fingerprint density at radius 1 is 1.06 bits per heavy atom. The number of para-hydroxylation sites is 1. The molecular weight excluding hydrogens is 240 g/mol. The molecule has 2 heterocycles. The van der Waals surface area contributed by atoms with Crippen molar-refractivity contribution >= 4 is 33.8 Å². The zero-order chi connectivity index (χ0) is 11.0. The number of benzene rings is 1. The topological polar surface area (TPSA) is 25.8 Å². The molecule has 2 nitrogen and oxygen atoms in total. The Morgan fingerprint density at radius 3 is 2.75 bits per heavy atom. The van der Waals surface area contributed by atoms with E-state index in [4.69, 9.17) is 11.6 Å². The molecular formula is C12H7ClN2S. The zero-order valence-electron chi connectivity index (χ0n) is 8.22. The highest BCUT2D eigenvalue weighted by Gasteiger charge is 2.07. The Bertz CT molecular complexity index is 635. The second-order valence-electron chi connectivity index (χ2n) is 3.37. The van der Waals surface area contributed by atoms with Crippen molar-refractivity contribution in [2.45, 2.75) is 0 Å². The summed E-state index contributed by atoms with van der Waals surface area (Å²) in [7, 11) is 0. The van der Waals surface area contributed by atoms with Gasteiger partial charge in [-0.15, -0.1) is 0 Å². The molecule has 0 radical (unpaired) electrons. The van der Waals surface area contributed by atoms with Gasteiger partial charge in [0.1, 0.15) is 5.15 Å². The lowest BCUT2D eigenvalue weighted by Crippen LogP contribution is -1.90. The second kappa shape index (κ2) is 3.85. The van der Waals surface area contributed by atoms with Gasteiger partial charge in [0.25, 0.3) is 0 Å². The van der Waals surface area contributed by atoms with Crippen LogP contribution in [-0.2, 0) is 0 Å². The average Bonchev–Trinajstić information content (AvgIpc) is 2.82. The van der Waals surface area contributed by atoms with Crippen LogP contribution < -0.4 is 0 Å². The van der Waals surface area contributed by atoms with Crippen LogP contribution in [0, 0.1) is 0 Å². The van der Waals surface area contributed by atoms with Crippen LogP contribution in [0.2, 0.25) is 5.15 Å². The Hall–Kier alpha value is -1.45. The number of rotatable bonds is 1. The van der Waals surface area contributed by atoms with Crippen LogP contribution in [0.5, 0.6) is 0 Å². The van der Waals surface area contributed by atoms with E-state index in [0.717, 1.165) is 16.5 Å². The molecule has 0 fully saturated rings. The third kappa shape index (κ3) is 1.58. The quantitative estimate of drug-likeness (QED) is 0.607. The molecule has 0 saturated heterocycles. The molecule has 0 N–H and O–H groups in total. The van der Waals surface area contributed by atoms with Crippen molar-refractivity contribution in [3.05, 3.63) is 46.2 Å². The Balaban J connectivity index is 2.29. The maximum Gasteiger partial charge on any atom is 0.162 e. The lowest BCUT2D eigenvalue weighted by Gasteiger charge is -2.02. The lowest BCUT2D eigenvalue weighted by molar-refractivity contribution is 1.23. The van der Waals surface area contributed by atoms with Crippen LogP contribution >= 0.6 is 22.9 Å². The normalized spacial score (nSPS) is 10.8. The predicted molar refractivity (Wildman–Crippen MR) is 67.9 cm³/mol. The van der Waals surface area contributed by atoms with Gasteiger partial charge in [0.05, 0.1) is 5.52 Å². The van der Waals surface area contributed by atoms with Gasteiger partial charge in [-0.3, -0.25) is 0 Å². The minimum atomic E-state index is 0.506. The van der Waals surface area contributed by atoms with Crippen LogP contribution in [-0.4, -0.2) is 9.97 Å². The van der Waals surface area contributed by atoms with Gasteiger partial charge >= 0.3 is 0 Å². The van der Waals surface area contributed by atoms with Gasteiger partial charge in [0.2, 0.25) is 0 Å². The van der Waals surface area contributed by atoms with Crippen molar-refractivity contribution < 1.29 is 0 Å². The van der Waals surface area contributed by atoms with E-state index in [9.17, 15) is 0 Å². The van der Waals surface area contributed by atoms with E-state index in [1.54, 1.807) is 11.3 Å². The van der Waals surface area contributed by atoms with Crippen LogP contribution in [0.4, 0.5) is 0 Å². The van der Waals surface area contributed by atoms with Crippen molar-refractivity contribution in [1.29, 1.82) is 0 Å². The lowest BCUT2D eigenvalue weighted by atomic mass is 10.2. The minimum Gasteiger partial charge on any atom is -0.228 e. The van der Waals surface area contributed by atoms with E-state index >= 15 is 0 Å². The minimum absolute atomic E-state index is 0.506. The molecule has 3 rings (SSSR count). The second-order valence-corrected chi connectivity index (χ2v) is 4.51. The Kier molecular flexibility index (Phi) is 2.35. The summed E-state index contributed by atoms with van der Waals surface area (Å²) in [6.07, 6.45) is 0. The highest BCUT2D eigenvalue weighted by molar-refractivity contribution is 7.08. The molecule has 0 aliphatic heterocycles. The number of hydrogen-bond donors (Lipinski definition) is 0. The molecule has 0 spiro atoms. The fourth-order valence-electron chi connectivity index (χ4n) is 1.56. The van der Waals surface area contributed by atoms with Crippen molar-refractivity contribution in [3.63, 3.8) is 0 Å². The number of nitrogens with zero attached hydrogens (tertiary/aromatic N) is 2. The van der Waals surface area contributed by atoms with Gasteiger partial charge in [0.15, 0.2) is 5.82 Å². The fourth-order valence-corrected chi connectivity index (χ4v) is 2.43. The first-order valence-corrected chi connectivity index (χ1v) is 6.11. The Labute approximate surface area is 102 Å². The maximum atomic E-state index is 6.13. The first-order valence-electron chi connectivity index (χ1n) is 4.79. The number of aromatic nitrogens is 2. The molecule has 0 saturated carbocycles. The van der Waals surface area contributed by atoms with E-state index in [-0.39, 0.29) is 0 Å².